The SMILES string of the molecule is CC(C)=Cc1cc(C(C)(C)C)cc(C(C)(C)C)c1OC(C)O. The second-order valence-electron chi connectivity index (χ2n) is 8.38. The van der Waals surface area contributed by atoms with Gasteiger partial charge in [-0.05, 0) is 43.2 Å². The molecule has 0 fully saturated rings. The summed E-state index contributed by atoms with van der Waals surface area (Å²) in [5, 5.41) is 9.74. The number of aliphatic hydroxyl groups excluding tert-OH is 1. The van der Waals surface area contributed by atoms with Gasteiger partial charge in [-0.1, -0.05) is 59.3 Å². The molecule has 2 nitrogen and oxygen atoms in total. The lowest BCUT2D eigenvalue weighted by atomic mass is 9.78. The Morgan fingerprint density at radius 2 is 1.59 bits per heavy atom. The van der Waals surface area contributed by atoms with Crippen LogP contribution in [0.4, 0.5) is 0 Å². The Morgan fingerprint density at radius 3 is 1.95 bits per heavy atom. The third-order valence-corrected chi connectivity index (χ3v) is 3.52. The van der Waals surface area contributed by atoms with Gasteiger partial charge in [0, 0.05) is 11.1 Å². The van der Waals surface area contributed by atoms with Gasteiger partial charge in [0.15, 0.2) is 6.29 Å². The van der Waals surface area contributed by atoms with Gasteiger partial charge in [-0.3, -0.25) is 0 Å². The Kier molecular flexibility index (Phi) is 5.51. The molecule has 1 rings (SSSR count). The third kappa shape index (κ3) is 4.88. The summed E-state index contributed by atoms with van der Waals surface area (Å²) in [7, 11) is 0. The van der Waals surface area contributed by atoms with Gasteiger partial charge >= 0.3 is 0 Å². The molecule has 0 radical (unpaired) electrons. The minimum atomic E-state index is -0.828. The zero-order valence-electron chi connectivity index (χ0n) is 15.7. The molecule has 0 aliphatic rings. The first-order valence-corrected chi connectivity index (χ1v) is 8.01. The summed E-state index contributed by atoms with van der Waals surface area (Å²) in [6.07, 6.45) is 1.30. The lowest BCUT2D eigenvalue weighted by Crippen LogP contribution is -2.21. The first-order chi connectivity index (χ1) is 9.82. The largest absolute Gasteiger partial charge is 0.465 e. The van der Waals surface area contributed by atoms with Gasteiger partial charge in [-0.2, -0.15) is 0 Å². The minimum Gasteiger partial charge on any atom is -0.465 e. The van der Waals surface area contributed by atoms with E-state index in [0.29, 0.717) is 0 Å². The zero-order chi connectivity index (χ0) is 17.3. The van der Waals surface area contributed by atoms with Gasteiger partial charge in [0.2, 0.25) is 0 Å². The molecule has 22 heavy (non-hydrogen) atoms. The van der Waals surface area contributed by atoms with Crippen LogP contribution in [0.15, 0.2) is 17.7 Å². The molecule has 1 unspecified atom stereocenters. The van der Waals surface area contributed by atoms with Gasteiger partial charge in [0.25, 0.3) is 0 Å². The van der Waals surface area contributed by atoms with Gasteiger partial charge < -0.3 is 9.84 Å². The molecule has 0 spiro atoms. The highest BCUT2D eigenvalue weighted by molar-refractivity contribution is 5.64. The summed E-state index contributed by atoms with van der Waals surface area (Å²) in [5.41, 5.74) is 4.67. The predicted molar refractivity (Wildman–Crippen MR) is 95.5 cm³/mol. The van der Waals surface area contributed by atoms with Gasteiger partial charge in [-0.15, -0.1) is 0 Å². The normalized spacial score (nSPS) is 13.7. The first-order valence-electron chi connectivity index (χ1n) is 8.01. The lowest BCUT2D eigenvalue weighted by Gasteiger charge is -2.29. The van der Waals surface area contributed by atoms with E-state index in [1.54, 1.807) is 6.92 Å². The van der Waals surface area contributed by atoms with Crippen LogP contribution in [-0.4, -0.2) is 11.4 Å². The van der Waals surface area contributed by atoms with Crippen molar-refractivity contribution in [1.82, 2.24) is 0 Å². The Labute approximate surface area is 136 Å². The molecular weight excluding hydrogens is 272 g/mol. The summed E-state index contributed by atoms with van der Waals surface area (Å²) in [6, 6.07) is 4.40. The summed E-state index contributed by atoms with van der Waals surface area (Å²) in [6.45, 7) is 19.0. The lowest BCUT2D eigenvalue weighted by molar-refractivity contribution is -0.00174. The van der Waals surface area contributed by atoms with Crippen molar-refractivity contribution in [1.29, 1.82) is 0 Å². The van der Waals surface area contributed by atoms with Crippen LogP contribution in [0.5, 0.6) is 5.75 Å². The van der Waals surface area contributed by atoms with E-state index in [-0.39, 0.29) is 10.8 Å². The maximum Gasteiger partial charge on any atom is 0.194 e. The van der Waals surface area contributed by atoms with Gasteiger partial charge in [0.1, 0.15) is 5.75 Å². The van der Waals surface area contributed by atoms with Crippen molar-refractivity contribution in [3.63, 3.8) is 0 Å². The van der Waals surface area contributed by atoms with Crippen LogP contribution in [0, 0.1) is 0 Å². The van der Waals surface area contributed by atoms with E-state index < -0.39 is 6.29 Å². The third-order valence-electron chi connectivity index (χ3n) is 3.52. The van der Waals surface area contributed by atoms with Crippen molar-refractivity contribution in [2.75, 3.05) is 0 Å². The minimum absolute atomic E-state index is 0.0598. The number of hydrogen-bond donors (Lipinski definition) is 1. The molecule has 2 heteroatoms. The monoisotopic (exact) mass is 304 g/mol. The van der Waals surface area contributed by atoms with E-state index in [2.05, 4.69) is 73.6 Å². The molecule has 124 valence electrons. The van der Waals surface area contributed by atoms with Crippen LogP contribution in [0.1, 0.15) is 79.0 Å². The Morgan fingerprint density at radius 1 is 1.05 bits per heavy atom. The van der Waals surface area contributed by atoms with Crippen LogP contribution < -0.4 is 4.74 Å². The molecule has 0 aromatic heterocycles. The van der Waals surface area contributed by atoms with E-state index in [1.807, 2.05) is 0 Å². The molecule has 1 aromatic carbocycles. The highest BCUT2D eigenvalue weighted by Crippen LogP contribution is 2.39. The number of hydrogen-bond acceptors (Lipinski definition) is 2. The van der Waals surface area contributed by atoms with Crippen molar-refractivity contribution in [2.24, 2.45) is 0 Å². The zero-order valence-corrected chi connectivity index (χ0v) is 15.7. The number of aliphatic hydroxyl groups is 1. The summed E-state index contributed by atoms with van der Waals surface area (Å²) < 4.78 is 5.78. The number of ether oxygens (including phenoxy) is 1. The number of benzene rings is 1. The van der Waals surface area contributed by atoms with E-state index >= 15 is 0 Å². The highest BCUT2D eigenvalue weighted by Gasteiger charge is 2.26. The molecule has 0 bridgehead atoms. The predicted octanol–water partition coefficient (Wildman–Crippen LogP) is 5.42. The van der Waals surface area contributed by atoms with E-state index in [0.717, 1.165) is 16.9 Å². The molecule has 0 amide bonds. The fraction of sp³-hybridized carbons (Fsp3) is 0.600. The second-order valence-corrected chi connectivity index (χ2v) is 8.38. The molecule has 1 atom stereocenters. The van der Waals surface area contributed by atoms with Crippen LogP contribution >= 0.6 is 0 Å². The van der Waals surface area contributed by atoms with E-state index in [1.165, 1.54) is 11.1 Å². The van der Waals surface area contributed by atoms with Gasteiger partial charge in [-0.25, -0.2) is 0 Å². The van der Waals surface area contributed by atoms with Gasteiger partial charge in [0.05, 0.1) is 0 Å². The second kappa shape index (κ2) is 6.45. The molecule has 1 aromatic rings. The fourth-order valence-electron chi connectivity index (χ4n) is 2.36. The molecule has 1 N–H and O–H groups in total. The maximum absolute atomic E-state index is 9.74. The standard InChI is InChI=1S/C20H32O2/c1-13(2)10-15-11-16(19(4,5)6)12-17(20(7,8)9)18(15)22-14(3)21/h10-12,14,21H,1-9H3. The molecule has 0 aliphatic heterocycles. The summed E-state index contributed by atoms with van der Waals surface area (Å²) in [5.74, 6) is 0.789. The molecule has 0 saturated carbocycles. The van der Waals surface area contributed by atoms with Crippen molar-refractivity contribution in [3.8, 4) is 5.75 Å². The van der Waals surface area contributed by atoms with Crippen molar-refractivity contribution < 1.29 is 9.84 Å². The fourth-order valence-corrected chi connectivity index (χ4v) is 2.36. The van der Waals surface area contributed by atoms with Crippen molar-refractivity contribution >= 4 is 6.08 Å². The Balaban J connectivity index is 3.73. The number of rotatable bonds is 3. The van der Waals surface area contributed by atoms with Crippen LogP contribution in [0.2, 0.25) is 0 Å². The quantitative estimate of drug-likeness (QED) is 0.755. The van der Waals surface area contributed by atoms with Crippen molar-refractivity contribution in [2.45, 2.75) is 79.4 Å². The Hall–Kier alpha value is -1.28. The summed E-state index contributed by atoms with van der Waals surface area (Å²) >= 11 is 0. The van der Waals surface area contributed by atoms with E-state index in [9.17, 15) is 5.11 Å². The topological polar surface area (TPSA) is 29.5 Å². The molecule has 0 saturated heterocycles. The average Bonchev–Trinajstić information content (AvgIpc) is 2.26. The van der Waals surface area contributed by atoms with Crippen LogP contribution in [-0.2, 0) is 10.8 Å². The smallest absolute Gasteiger partial charge is 0.194 e. The molecule has 0 aliphatic carbocycles. The average molecular weight is 304 g/mol. The van der Waals surface area contributed by atoms with E-state index in [4.69, 9.17) is 4.74 Å². The summed E-state index contributed by atoms with van der Waals surface area (Å²) in [4.78, 5) is 0. The number of allylic oxidation sites excluding steroid dienone is 1. The van der Waals surface area contributed by atoms with Crippen LogP contribution in [0.3, 0.4) is 0 Å². The maximum atomic E-state index is 9.74. The van der Waals surface area contributed by atoms with Crippen molar-refractivity contribution in [3.05, 3.63) is 34.4 Å². The highest BCUT2D eigenvalue weighted by atomic mass is 16.6. The molecular formula is C20H32O2. The Bertz CT molecular complexity index is 548. The van der Waals surface area contributed by atoms with Crippen LogP contribution in [0.25, 0.3) is 6.08 Å². The first kappa shape index (κ1) is 18.8. The molecule has 0 heterocycles.